The van der Waals surface area contributed by atoms with Crippen LogP contribution in [-0.4, -0.2) is 77.5 Å². The molecule has 7 atom stereocenters. The highest BCUT2D eigenvalue weighted by Crippen LogP contribution is 2.58. The van der Waals surface area contributed by atoms with Crippen molar-refractivity contribution in [2.24, 2.45) is 29.1 Å². The Hall–Kier alpha value is -4.00. The maximum absolute atomic E-state index is 15.1. The van der Waals surface area contributed by atoms with Gasteiger partial charge in [-0.2, -0.15) is 0 Å². The first-order chi connectivity index (χ1) is 26.9. The predicted octanol–water partition coefficient (Wildman–Crippen LogP) is 6.62. The summed E-state index contributed by atoms with van der Waals surface area (Å²) in [6, 6.07) is 6.76. The largest absolute Gasteiger partial charge is 0.491 e. The molecule has 13 heteroatoms. The number of ether oxygens (including phenoxy) is 3. The van der Waals surface area contributed by atoms with E-state index < -0.39 is 55.7 Å². The van der Waals surface area contributed by atoms with Crippen molar-refractivity contribution in [1.29, 1.82) is 0 Å². The molecule has 1 aromatic heterocycles. The van der Waals surface area contributed by atoms with Crippen LogP contribution in [0.1, 0.15) is 118 Å². The van der Waals surface area contributed by atoms with E-state index in [1.54, 1.807) is 32.6 Å². The molecule has 3 fully saturated rings. The summed E-state index contributed by atoms with van der Waals surface area (Å²) >= 11 is 0. The molecule has 2 aliphatic carbocycles. The Balaban J connectivity index is 1.25. The summed E-state index contributed by atoms with van der Waals surface area (Å²) < 4.78 is 46.4. The van der Waals surface area contributed by atoms with Crippen molar-refractivity contribution in [3.05, 3.63) is 42.1 Å². The second-order valence-electron chi connectivity index (χ2n) is 18.6. The molecule has 0 radical (unpaired) electrons. The number of carbonyl (C=O) groups is 4. The standard InChI is InChI=1S/C44H59N3O9S/c1-7-28-21-27(2)13-8-9-14-29-24-44(29,41(51)46-57(52,53)43(6)18-19-43)25-36(48)35-22-30(26-47(35)40(50)33(28)23-37(49)56-42(3,4)5)55-39-32-16-11-10-15-31(32)38-34(45-39)17-12-20-54-38/h9-11,14-16,27-30,33,35H,7-8,12-13,17-26H2,1-6H3,(H,46,51)/b14-9-/t27-,28+,29+,30+,33-,35-,44+/m0/s1. The quantitative estimate of drug-likeness (QED) is 0.227. The number of hydrogen-bond donors (Lipinski definition) is 1. The van der Waals surface area contributed by atoms with Gasteiger partial charge in [0.05, 0.1) is 47.4 Å². The number of Topliss-reactive ketones (excluding diaryl/α,β-unsaturated/α-hetero) is 1. The van der Waals surface area contributed by atoms with E-state index in [1.807, 2.05) is 43.3 Å². The average molecular weight is 806 g/mol. The van der Waals surface area contributed by atoms with Crippen LogP contribution >= 0.6 is 0 Å². The fourth-order valence-corrected chi connectivity index (χ4v) is 10.5. The SMILES string of the molecule is CC[C@@H]1C[C@@H](C)CC/C=C\[C@@H]2C[C@@]2(C(=O)NS(=O)(=O)C2(C)CC2)CC(=O)[C@@H]2C[C@@H](Oc3nc4c(c5ccccc35)OCCC4)CN2C(=O)[C@H]1CC(=O)OC(C)(C)C. The van der Waals surface area contributed by atoms with E-state index in [0.717, 1.165) is 47.9 Å². The maximum Gasteiger partial charge on any atom is 0.307 e. The third kappa shape index (κ3) is 8.59. The van der Waals surface area contributed by atoms with Crippen LogP contribution in [0.2, 0.25) is 0 Å². The van der Waals surface area contributed by atoms with E-state index in [2.05, 4.69) is 11.6 Å². The van der Waals surface area contributed by atoms with Gasteiger partial charge < -0.3 is 19.1 Å². The van der Waals surface area contributed by atoms with E-state index in [1.165, 1.54) is 0 Å². The van der Waals surface area contributed by atoms with Gasteiger partial charge >= 0.3 is 5.97 Å². The lowest BCUT2D eigenvalue weighted by molar-refractivity contribution is -0.160. The van der Waals surface area contributed by atoms with Gasteiger partial charge in [-0.25, -0.2) is 13.4 Å². The minimum absolute atomic E-state index is 0.0743. The second-order valence-corrected chi connectivity index (χ2v) is 20.8. The van der Waals surface area contributed by atoms with Crippen molar-refractivity contribution in [1.82, 2.24) is 14.6 Å². The highest BCUT2D eigenvalue weighted by molar-refractivity contribution is 7.91. The Bertz CT molecular complexity index is 2050. The highest BCUT2D eigenvalue weighted by Gasteiger charge is 2.62. The third-order valence-electron chi connectivity index (χ3n) is 12.9. The number of amides is 2. The van der Waals surface area contributed by atoms with Crippen molar-refractivity contribution in [2.45, 2.75) is 141 Å². The number of benzene rings is 1. The molecule has 0 bridgehead atoms. The zero-order chi connectivity index (χ0) is 40.9. The monoisotopic (exact) mass is 805 g/mol. The lowest BCUT2D eigenvalue weighted by Gasteiger charge is -2.33. The van der Waals surface area contributed by atoms with Crippen LogP contribution in [0, 0.1) is 29.1 Å². The zero-order valence-corrected chi connectivity index (χ0v) is 35.1. The smallest absolute Gasteiger partial charge is 0.307 e. The van der Waals surface area contributed by atoms with E-state index >= 15 is 4.79 Å². The Labute approximate surface area is 336 Å². The number of rotatable bonds is 8. The summed E-state index contributed by atoms with van der Waals surface area (Å²) in [5.41, 5.74) is -1.21. The Morgan fingerprint density at radius 2 is 1.84 bits per heavy atom. The minimum atomic E-state index is -3.95. The number of nitrogens with zero attached hydrogens (tertiary/aromatic N) is 2. The first-order valence-corrected chi connectivity index (χ1v) is 22.4. The predicted molar refractivity (Wildman–Crippen MR) is 215 cm³/mol. The van der Waals surface area contributed by atoms with Gasteiger partial charge in [0, 0.05) is 23.6 Å². The van der Waals surface area contributed by atoms with Gasteiger partial charge in [0.25, 0.3) is 0 Å². The average Bonchev–Trinajstić information content (AvgIpc) is 4.04. The number of esters is 1. The van der Waals surface area contributed by atoms with Crippen LogP contribution in [0.15, 0.2) is 36.4 Å². The van der Waals surface area contributed by atoms with Gasteiger partial charge in [0.1, 0.15) is 17.5 Å². The van der Waals surface area contributed by atoms with E-state index in [-0.39, 0.29) is 55.3 Å². The summed E-state index contributed by atoms with van der Waals surface area (Å²) in [7, 11) is -3.95. The van der Waals surface area contributed by atoms with E-state index in [0.29, 0.717) is 44.6 Å². The molecule has 57 heavy (non-hydrogen) atoms. The summed E-state index contributed by atoms with van der Waals surface area (Å²) in [5, 5.41) is 1.64. The zero-order valence-electron chi connectivity index (χ0n) is 34.3. The van der Waals surface area contributed by atoms with Crippen LogP contribution < -0.4 is 14.2 Å². The molecule has 3 aliphatic heterocycles. The number of allylic oxidation sites excluding steroid dienone is 2. The molecule has 5 aliphatic rings. The Morgan fingerprint density at radius 1 is 1.11 bits per heavy atom. The number of nitrogens with one attached hydrogen (secondary N) is 1. The molecule has 12 nitrogen and oxygen atoms in total. The van der Waals surface area contributed by atoms with Gasteiger partial charge in [-0.1, -0.05) is 50.6 Å². The number of hydrogen-bond acceptors (Lipinski definition) is 10. The summed E-state index contributed by atoms with van der Waals surface area (Å²) in [4.78, 5) is 63.9. The van der Waals surface area contributed by atoms with Gasteiger partial charge in [0.2, 0.25) is 27.7 Å². The van der Waals surface area contributed by atoms with Gasteiger partial charge in [-0.3, -0.25) is 23.9 Å². The lowest BCUT2D eigenvalue weighted by Crippen LogP contribution is -2.48. The molecule has 0 unspecified atom stereocenters. The first kappa shape index (κ1) is 41.2. The van der Waals surface area contributed by atoms with Gasteiger partial charge in [-0.05, 0) is 103 Å². The number of carbonyl (C=O) groups excluding carboxylic acids is 4. The molecule has 1 saturated heterocycles. The molecule has 7 rings (SSSR count). The van der Waals surface area contributed by atoms with Crippen LogP contribution in [0.3, 0.4) is 0 Å². The van der Waals surface area contributed by atoms with E-state index in [4.69, 9.17) is 19.2 Å². The Morgan fingerprint density at radius 3 is 2.54 bits per heavy atom. The van der Waals surface area contributed by atoms with Gasteiger partial charge in [0.15, 0.2) is 5.78 Å². The molecule has 0 spiro atoms. The number of aryl methyl sites for hydroxylation is 1. The number of aromatic nitrogens is 1. The molecule has 310 valence electrons. The van der Waals surface area contributed by atoms with Crippen molar-refractivity contribution in [3.8, 4) is 11.6 Å². The number of ketones is 1. The summed E-state index contributed by atoms with van der Waals surface area (Å²) in [6.07, 6.45) is 8.87. The Kier molecular flexibility index (Phi) is 11.3. The second kappa shape index (κ2) is 15.6. The van der Waals surface area contributed by atoms with Crippen molar-refractivity contribution >= 4 is 44.4 Å². The molecule has 2 saturated carbocycles. The van der Waals surface area contributed by atoms with Gasteiger partial charge in [-0.15, -0.1) is 0 Å². The first-order valence-electron chi connectivity index (χ1n) is 20.9. The number of pyridine rings is 1. The normalized spacial score (nSPS) is 30.7. The fraction of sp³-hybridized carbons (Fsp3) is 0.659. The van der Waals surface area contributed by atoms with Crippen LogP contribution in [0.5, 0.6) is 11.6 Å². The minimum Gasteiger partial charge on any atom is -0.491 e. The highest BCUT2D eigenvalue weighted by atomic mass is 32.2. The molecular formula is C44H59N3O9S. The number of fused-ring (bicyclic) bond motifs is 5. The topological polar surface area (TPSA) is 158 Å². The molecular weight excluding hydrogens is 747 g/mol. The van der Waals surface area contributed by atoms with Crippen molar-refractivity contribution in [2.75, 3.05) is 13.2 Å². The molecule has 2 amide bonds. The summed E-state index contributed by atoms with van der Waals surface area (Å²) in [5.74, 6) is -1.66. The van der Waals surface area contributed by atoms with Crippen LogP contribution in [0.4, 0.5) is 0 Å². The van der Waals surface area contributed by atoms with Crippen molar-refractivity contribution in [3.63, 3.8) is 0 Å². The molecule has 4 heterocycles. The molecule has 1 aromatic carbocycles. The third-order valence-corrected chi connectivity index (χ3v) is 15.1. The number of sulfonamides is 1. The van der Waals surface area contributed by atoms with E-state index in [9.17, 15) is 22.8 Å². The molecule has 2 aromatic rings. The van der Waals surface area contributed by atoms with Crippen LogP contribution in [-0.2, 0) is 40.4 Å². The lowest BCUT2D eigenvalue weighted by atomic mass is 9.79. The van der Waals surface area contributed by atoms with Crippen LogP contribution in [0.25, 0.3) is 10.8 Å². The maximum atomic E-state index is 15.1. The molecule has 1 N–H and O–H groups in total. The fourth-order valence-electron chi connectivity index (χ4n) is 9.15. The van der Waals surface area contributed by atoms with Crippen molar-refractivity contribution < 1.29 is 41.8 Å². The summed E-state index contributed by atoms with van der Waals surface area (Å²) in [6.45, 7) is 11.9.